The van der Waals surface area contributed by atoms with Crippen molar-refractivity contribution in [1.82, 2.24) is 5.01 Å². The minimum absolute atomic E-state index is 0.647. The number of rotatable bonds is 8. The molecule has 1 aliphatic carbocycles. The Balaban J connectivity index is 1.70. The summed E-state index contributed by atoms with van der Waals surface area (Å²) in [5.41, 5.74) is 2.34. The Morgan fingerprint density at radius 3 is 2.48 bits per heavy atom. The molecule has 1 aromatic rings. The highest BCUT2D eigenvalue weighted by Gasteiger charge is 2.12. The number of hydrazine groups is 1. The Morgan fingerprint density at radius 1 is 1.14 bits per heavy atom. The summed E-state index contributed by atoms with van der Waals surface area (Å²) in [4.78, 5) is 0. The quantitative estimate of drug-likeness (QED) is 0.195. The maximum absolute atomic E-state index is 6.99. The van der Waals surface area contributed by atoms with E-state index in [0.717, 1.165) is 25.0 Å². The molecule has 1 saturated carbocycles. The van der Waals surface area contributed by atoms with Gasteiger partial charge in [0.15, 0.2) is 0 Å². The van der Waals surface area contributed by atoms with Crippen LogP contribution in [0.15, 0.2) is 24.3 Å². The number of anilines is 2. The first-order chi connectivity index (χ1) is 10.3. The first kappa shape index (κ1) is 15.6. The van der Waals surface area contributed by atoms with Crippen molar-refractivity contribution in [2.45, 2.75) is 44.6 Å². The van der Waals surface area contributed by atoms with Gasteiger partial charge in [0.05, 0.1) is 6.34 Å². The van der Waals surface area contributed by atoms with Crippen LogP contribution in [-0.4, -0.2) is 30.5 Å². The monoisotopic (exact) mass is 289 g/mol. The maximum Gasteiger partial charge on any atom is 0.0958 e. The van der Waals surface area contributed by atoms with E-state index in [1.165, 1.54) is 42.8 Å². The lowest BCUT2D eigenvalue weighted by Gasteiger charge is -2.24. The lowest BCUT2D eigenvalue weighted by molar-refractivity contribution is 0.445. The van der Waals surface area contributed by atoms with Gasteiger partial charge in [-0.25, -0.2) is 5.84 Å². The van der Waals surface area contributed by atoms with E-state index in [1.54, 1.807) is 0 Å². The van der Waals surface area contributed by atoms with Crippen molar-refractivity contribution < 1.29 is 0 Å². The zero-order valence-electron chi connectivity index (χ0n) is 12.6. The molecule has 116 valence electrons. The highest BCUT2D eigenvalue weighted by atomic mass is 15.4. The van der Waals surface area contributed by atoms with E-state index >= 15 is 0 Å². The third-order valence-corrected chi connectivity index (χ3v) is 3.95. The average Bonchev–Trinajstić information content (AvgIpc) is 2.54. The van der Waals surface area contributed by atoms with Crippen LogP contribution in [0.3, 0.4) is 0 Å². The van der Waals surface area contributed by atoms with Crippen molar-refractivity contribution >= 4 is 17.7 Å². The molecule has 1 aromatic carbocycles. The van der Waals surface area contributed by atoms with Gasteiger partial charge < -0.3 is 15.6 Å². The van der Waals surface area contributed by atoms with Crippen molar-refractivity contribution in [3.8, 4) is 0 Å². The van der Waals surface area contributed by atoms with Crippen LogP contribution in [0.2, 0.25) is 0 Å². The molecule has 5 N–H and O–H groups in total. The number of nitrogens with one attached hydrogen (secondary N) is 3. The summed E-state index contributed by atoms with van der Waals surface area (Å²) < 4.78 is 0. The van der Waals surface area contributed by atoms with E-state index in [0.29, 0.717) is 12.6 Å². The number of nitrogens with two attached hydrogens (primary N) is 1. The second-order valence-electron chi connectivity index (χ2n) is 5.70. The van der Waals surface area contributed by atoms with Gasteiger partial charge in [-0.15, -0.1) is 0 Å². The standard InChI is InChI=1S/C16H27N5/c17-13-21(18)12-4-11-19-14-7-9-16(10-8-14)20-15-5-2-1-3-6-15/h7-10,13,15,17,19-20H,1-6,11-12,18H2. The Hall–Kier alpha value is -1.75. The third-order valence-electron chi connectivity index (χ3n) is 3.95. The first-order valence-corrected chi connectivity index (χ1v) is 7.90. The minimum Gasteiger partial charge on any atom is -0.385 e. The van der Waals surface area contributed by atoms with Crippen molar-refractivity contribution in [3.63, 3.8) is 0 Å². The van der Waals surface area contributed by atoms with Crippen LogP contribution in [0.1, 0.15) is 38.5 Å². The van der Waals surface area contributed by atoms with Crippen LogP contribution in [0, 0.1) is 5.41 Å². The van der Waals surface area contributed by atoms with E-state index in [4.69, 9.17) is 11.3 Å². The molecular weight excluding hydrogens is 262 g/mol. The molecule has 0 aromatic heterocycles. The summed E-state index contributed by atoms with van der Waals surface area (Å²) in [5, 5.41) is 15.4. The molecule has 0 radical (unpaired) electrons. The van der Waals surface area contributed by atoms with Gasteiger partial charge in [0.25, 0.3) is 0 Å². The summed E-state index contributed by atoms with van der Waals surface area (Å²) in [6.45, 7) is 1.55. The van der Waals surface area contributed by atoms with Crippen LogP contribution in [0.4, 0.5) is 11.4 Å². The largest absolute Gasteiger partial charge is 0.385 e. The smallest absolute Gasteiger partial charge is 0.0958 e. The van der Waals surface area contributed by atoms with Crippen molar-refractivity contribution in [3.05, 3.63) is 24.3 Å². The molecule has 2 rings (SSSR count). The van der Waals surface area contributed by atoms with E-state index in [9.17, 15) is 0 Å². The normalized spacial score (nSPS) is 15.5. The molecule has 0 spiro atoms. The number of hydrogen-bond donors (Lipinski definition) is 4. The summed E-state index contributed by atoms with van der Waals surface area (Å²) in [6, 6.07) is 9.16. The van der Waals surface area contributed by atoms with Crippen molar-refractivity contribution in [1.29, 1.82) is 5.41 Å². The van der Waals surface area contributed by atoms with Gasteiger partial charge in [0, 0.05) is 30.5 Å². The molecule has 1 aliphatic rings. The molecule has 5 heteroatoms. The molecule has 21 heavy (non-hydrogen) atoms. The van der Waals surface area contributed by atoms with Crippen molar-refractivity contribution in [2.24, 2.45) is 5.84 Å². The van der Waals surface area contributed by atoms with Crippen LogP contribution in [-0.2, 0) is 0 Å². The fraction of sp³-hybridized carbons (Fsp3) is 0.562. The number of nitrogens with zero attached hydrogens (tertiary/aromatic N) is 1. The summed E-state index contributed by atoms with van der Waals surface area (Å²) in [6.07, 6.45) is 8.74. The molecule has 0 atom stereocenters. The molecule has 1 fully saturated rings. The highest BCUT2D eigenvalue weighted by Crippen LogP contribution is 2.22. The molecule has 0 bridgehead atoms. The lowest BCUT2D eigenvalue weighted by Crippen LogP contribution is -2.30. The Bertz CT molecular complexity index is 411. The van der Waals surface area contributed by atoms with Gasteiger partial charge in [-0.2, -0.15) is 0 Å². The number of benzene rings is 1. The second-order valence-corrected chi connectivity index (χ2v) is 5.70. The van der Waals surface area contributed by atoms with Crippen LogP contribution in [0.25, 0.3) is 0 Å². The molecular formula is C16H27N5. The fourth-order valence-electron chi connectivity index (χ4n) is 2.73. The van der Waals surface area contributed by atoms with Crippen molar-refractivity contribution in [2.75, 3.05) is 23.7 Å². The SMILES string of the molecule is N=CN(N)CCCNc1ccc(NC2CCCCC2)cc1. The van der Waals surface area contributed by atoms with Gasteiger partial charge in [0.2, 0.25) is 0 Å². The van der Waals surface area contributed by atoms with Gasteiger partial charge in [-0.3, -0.25) is 5.41 Å². The van der Waals surface area contributed by atoms with Gasteiger partial charge in [-0.05, 0) is 43.5 Å². The maximum atomic E-state index is 6.99. The fourth-order valence-corrected chi connectivity index (χ4v) is 2.73. The van der Waals surface area contributed by atoms with Gasteiger partial charge in [-0.1, -0.05) is 19.3 Å². The molecule has 0 unspecified atom stereocenters. The Morgan fingerprint density at radius 2 is 1.81 bits per heavy atom. The predicted octanol–water partition coefficient (Wildman–Crippen LogP) is 3.02. The summed E-state index contributed by atoms with van der Waals surface area (Å²) in [5.74, 6) is 5.52. The Kier molecular flexibility index (Phi) is 6.34. The van der Waals surface area contributed by atoms with Crippen LogP contribution >= 0.6 is 0 Å². The van der Waals surface area contributed by atoms with E-state index in [2.05, 4.69) is 34.9 Å². The third kappa shape index (κ3) is 5.63. The Labute approximate surface area is 127 Å². The molecule has 0 saturated heterocycles. The molecule has 0 aliphatic heterocycles. The molecule has 0 amide bonds. The number of hydrogen-bond acceptors (Lipinski definition) is 4. The van der Waals surface area contributed by atoms with E-state index in [1.807, 2.05) is 0 Å². The minimum atomic E-state index is 0.647. The van der Waals surface area contributed by atoms with Gasteiger partial charge in [0.1, 0.15) is 0 Å². The zero-order chi connectivity index (χ0) is 14.9. The van der Waals surface area contributed by atoms with Crippen LogP contribution < -0.4 is 16.5 Å². The van der Waals surface area contributed by atoms with Crippen LogP contribution in [0.5, 0.6) is 0 Å². The van der Waals surface area contributed by atoms with Gasteiger partial charge >= 0.3 is 0 Å². The lowest BCUT2D eigenvalue weighted by atomic mass is 9.95. The summed E-state index contributed by atoms with van der Waals surface area (Å²) in [7, 11) is 0. The average molecular weight is 289 g/mol. The van der Waals surface area contributed by atoms with E-state index in [-0.39, 0.29) is 0 Å². The zero-order valence-corrected chi connectivity index (χ0v) is 12.6. The molecule has 5 nitrogen and oxygen atoms in total. The molecule has 0 heterocycles. The predicted molar refractivity (Wildman–Crippen MR) is 89.7 cm³/mol. The summed E-state index contributed by atoms with van der Waals surface area (Å²) >= 11 is 0. The second kappa shape index (κ2) is 8.52. The topological polar surface area (TPSA) is 77.2 Å². The highest BCUT2D eigenvalue weighted by molar-refractivity contribution is 5.54. The first-order valence-electron chi connectivity index (χ1n) is 7.90. The van der Waals surface area contributed by atoms with E-state index < -0.39 is 0 Å².